The molecule has 2 heterocycles. The molecule has 16 heavy (non-hydrogen) atoms. The lowest BCUT2D eigenvalue weighted by Gasteiger charge is -2.24. The summed E-state index contributed by atoms with van der Waals surface area (Å²) in [5.41, 5.74) is 0. The standard InChI is InChI=1S/C11H19NO4/c13-9-6-12(7-10(9)14)11(15)5-8-3-1-2-4-16-8/h8-10,13-14H,1-7H2/t8?,9-,10+. The van der Waals surface area contributed by atoms with Crippen LogP contribution >= 0.6 is 0 Å². The van der Waals surface area contributed by atoms with E-state index < -0.39 is 12.2 Å². The summed E-state index contributed by atoms with van der Waals surface area (Å²) in [5.74, 6) is -0.0255. The largest absolute Gasteiger partial charge is 0.388 e. The van der Waals surface area contributed by atoms with Crippen molar-refractivity contribution in [2.24, 2.45) is 0 Å². The summed E-state index contributed by atoms with van der Waals surface area (Å²) in [4.78, 5) is 13.3. The van der Waals surface area contributed by atoms with Gasteiger partial charge >= 0.3 is 0 Å². The third kappa shape index (κ3) is 2.72. The second kappa shape index (κ2) is 5.12. The number of amides is 1. The first-order chi connectivity index (χ1) is 7.66. The Morgan fingerprint density at radius 2 is 1.94 bits per heavy atom. The Kier molecular flexibility index (Phi) is 3.78. The number of carbonyl (C=O) groups is 1. The second-order valence-corrected chi connectivity index (χ2v) is 4.63. The summed E-state index contributed by atoms with van der Waals surface area (Å²) < 4.78 is 5.49. The topological polar surface area (TPSA) is 70.0 Å². The maximum atomic E-state index is 11.8. The van der Waals surface area contributed by atoms with Crippen LogP contribution in [0.2, 0.25) is 0 Å². The molecule has 2 saturated heterocycles. The molecule has 2 N–H and O–H groups in total. The molecule has 0 spiro atoms. The fourth-order valence-corrected chi connectivity index (χ4v) is 2.27. The van der Waals surface area contributed by atoms with Crippen molar-refractivity contribution in [3.8, 4) is 0 Å². The van der Waals surface area contributed by atoms with Crippen LogP contribution in [0.25, 0.3) is 0 Å². The molecule has 1 amide bonds. The lowest BCUT2D eigenvalue weighted by molar-refractivity contribution is -0.134. The molecule has 2 fully saturated rings. The highest BCUT2D eigenvalue weighted by molar-refractivity contribution is 5.77. The van der Waals surface area contributed by atoms with Gasteiger partial charge in [-0.25, -0.2) is 0 Å². The average molecular weight is 229 g/mol. The lowest BCUT2D eigenvalue weighted by atomic mass is 10.1. The van der Waals surface area contributed by atoms with Crippen molar-refractivity contribution in [2.45, 2.75) is 44.0 Å². The van der Waals surface area contributed by atoms with E-state index in [0.29, 0.717) is 6.42 Å². The first-order valence-corrected chi connectivity index (χ1v) is 5.92. The average Bonchev–Trinajstić information content (AvgIpc) is 2.61. The van der Waals surface area contributed by atoms with Crippen molar-refractivity contribution in [1.82, 2.24) is 4.90 Å². The van der Waals surface area contributed by atoms with E-state index >= 15 is 0 Å². The summed E-state index contributed by atoms with van der Waals surface area (Å²) in [6.07, 6.45) is 1.93. The molecule has 2 rings (SSSR count). The van der Waals surface area contributed by atoms with Crippen molar-refractivity contribution in [2.75, 3.05) is 19.7 Å². The van der Waals surface area contributed by atoms with Crippen molar-refractivity contribution >= 4 is 5.91 Å². The predicted octanol–water partition coefficient (Wildman–Crippen LogP) is -0.490. The Balaban J connectivity index is 1.79. The van der Waals surface area contributed by atoms with Gasteiger partial charge in [0.25, 0.3) is 0 Å². The molecule has 2 aliphatic rings. The van der Waals surface area contributed by atoms with Gasteiger partial charge in [0.1, 0.15) is 0 Å². The number of carbonyl (C=O) groups excluding carboxylic acids is 1. The van der Waals surface area contributed by atoms with Crippen molar-refractivity contribution in [3.05, 3.63) is 0 Å². The van der Waals surface area contributed by atoms with Crippen LogP contribution in [0.3, 0.4) is 0 Å². The zero-order chi connectivity index (χ0) is 11.5. The predicted molar refractivity (Wildman–Crippen MR) is 56.8 cm³/mol. The van der Waals surface area contributed by atoms with Crippen LogP contribution < -0.4 is 0 Å². The van der Waals surface area contributed by atoms with Crippen LogP contribution in [-0.4, -0.2) is 59.0 Å². The second-order valence-electron chi connectivity index (χ2n) is 4.63. The van der Waals surface area contributed by atoms with Crippen LogP contribution in [-0.2, 0) is 9.53 Å². The highest BCUT2D eigenvalue weighted by Crippen LogP contribution is 2.18. The van der Waals surface area contributed by atoms with Gasteiger partial charge in [-0.3, -0.25) is 4.79 Å². The zero-order valence-corrected chi connectivity index (χ0v) is 9.34. The summed E-state index contributed by atoms with van der Waals surface area (Å²) in [5, 5.41) is 18.7. The number of nitrogens with zero attached hydrogens (tertiary/aromatic N) is 1. The van der Waals surface area contributed by atoms with Gasteiger partial charge in [-0.2, -0.15) is 0 Å². The van der Waals surface area contributed by atoms with E-state index in [4.69, 9.17) is 4.74 Å². The molecular weight excluding hydrogens is 210 g/mol. The zero-order valence-electron chi connectivity index (χ0n) is 9.34. The SMILES string of the molecule is O=C(CC1CCCCO1)N1C[C@@H](O)[C@@H](O)C1. The van der Waals surface area contributed by atoms with Crippen LogP contribution in [0.15, 0.2) is 0 Å². The molecular formula is C11H19NO4. The Bertz CT molecular complexity index is 242. The van der Waals surface area contributed by atoms with Crippen LogP contribution in [0.4, 0.5) is 0 Å². The van der Waals surface area contributed by atoms with Gasteiger partial charge in [0.05, 0.1) is 24.7 Å². The molecule has 0 aromatic carbocycles. The van der Waals surface area contributed by atoms with Gasteiger partial charge < -0.3 is 19.8 Å². The van der Waals surface area contributed by atoms with Crippen molar-refractivity contribution < 1.29 is 19.7 Å². The van der Waals surface area contributed by atoms with Gasteiger partial charge in [0, 0.05) is 19.7 Å². The quantitative estimate of drug-likeness (QED) is 0.670. The third-order valence-corrected chi connectivity index (χ3v) is 3.29. The molecule has 1 unspecified atom stereocenters. The Labute approximate surface area is 95.0 Å². The normalized spacial score (nSPS) is 35.4. The van der Waals surface area contributed by atoms with Gasteiger partial charge in [-0.15, -0.1) is 0 Å². The smallest absolute Gasteiger partial charge is 0.225 e. The van der Waals surface area contributed by atoms with Crippen molar-refractivity contribution in [1.29, 1.82) is 0 Å². The minimum Gasteiger partial charge on any atom is -0.388 e. The molecule has 92 valence electrons. The van der Waals surface area contributed by atoms with E-state index in [0.717, 1.165) is 25.9 Å². The number of ether oxygens (including phenoxy) is 1. The first-order valence-electron chi connectivity index (χ1n) is 5.92. The van der Waals surface area contributed by atoms with Gasteiger partial charge in [0.15, 0.2) is 0 Å². The molecule has 0 aromatic heterocycles. The number of rotatable bonds is 2. The number of hydrogen-bond acceptors (Lipinski definition) is 4. The summed E-state index contributed by atoms with van der Waals surface area (Å²) in [6, 6.07) is 0. The maximum absolute atomic E-state index is 11.8. The summed E-state index contributed by atoms with van der Waals surface area (Å²) in [6.45, 7) is 1.22. The molecule has 0 saturated carbocycles. The molecule has 2 aliphatic heterocycles. The monoisotopic (exact) mass is 229 g/mol. The molecule has 5 heteroatoms. The molecule has 5 nitrogen and oxygen atoms in total. The highest BCUT2D eigenvalue weighted by Gasteiger charge is 2.33. The van der Waals surface area contributed by atoms with E-state index in [1.165, 1.54) is 4.90 Å². The number of β-amino-alcohol motifs (C(OH)–C–C–N with tert-alkyl or cyclic N) is 2. The number of hydrogen-bond donors (Lipinski definition) is 2. The van der Waals surface area contributed by atoms with Crippen LogP contribution in [0.5, 0.6) is 0 Å². The van der Waals surface area contributed by atoms with E-state index in [-0.39, 0.29) is 25.1 Å². The Morgan fingerprint density at radius 1 is 1.25 bits per heavy atom. The van der Waals surface area contributed by atoms with Crippen LogP contribution in [0, 0.1) is 0 Å². The summed E-state index contributed by atoms with van der Waals surface area (Å²) >= 11 is 0. The Morgan fingerprint density at radius 3 is 2.50 bits per heavy atom. The number of likely N-dealkylation sites (tertiary alicyclic amines) is 1. The van der Waals surface area contributed by atoms with Crippen LogP contribution in [0.1, 0.15) is 25.7 Å². The van der Waals surface area contributed by atoms with E-state index in [9.17, 15) is 15.0 Å². The fourth-order valence-electron chi connectivity index (χ4n) is 2.27. The van der Waals surface area contributed by atoms with E-state index in [1.54, 1.807) is 0 Å². The highest BCUT2D eigenvalue weighted by atomic mass is 16.5. The molecule has 0 bridgehead atoms. The third-order valence-electron chi connectivity index (χ3n) is 3.29. The Hall–Kier alpha value is -0.650. The first kappa shape index (κ1) is 11.8. The van der Waals surface area contributed by atoms with Gasteiger partial charge in [-0.1, -0.05) is 0 Å². The minimum absolute atomic E-state index is 0.0242. The van der Waals surface area contributed by atoms with E-state index in [2.05, 4.69) is 0 Å². The maximum Gasteiger partial charge on any atom is 0.225 e. The molecule has 0 aliphatic carbocycles. The van der Waals surface area contributed by atoms with Gasteiger partial charge in [-0.05, 0) is 19.3 Å². The molecule has 0 radical (unpaired) electrons. The number of aliphatic hydroxyl groups excluding tert-OH is 2. The lowest BCUT2D eigenvalue weighted by Crippen LogP contribution is -2.34. The van der Waals surface area contributed by atoms with Crippen molar-refractivity contribution in [3.63, 3.8) is 0 Å². The molecule has 0 aromatic rings. The van der Waals surface area contributed by atoms with Gasteiger partial charge in [0.2, 0.25) is 5.91 Å². The fraction of sp³-hybridized carbons (Fsp3) is 0.909. The summed E-state index contributed by atoms with van der Waals surface area (Å²) in [7, 11) is 0. The van der Waals surface area contributed by atoms with E-state index in [1.807, 2.05) is 0 Å². The minimum atomic E-state index is -0.795. The number of aliphatic hydroxyl groups is 2. The molecule has 3 atom stereocenters.